The smallest absolute Gasteiger partial charge is 0.318 e. The SMILES string of the molecule is CCC1(CC)CN(C(=O)NC(c2nccn2C)C2CC2)CCO1. The lowest BCUT2D eigenvalue weighted by Gasteiger charge is -2.42. The minimum absolute atomic E-state index is 0.0134. The number of hydrogen-bond acceptors (Lipinski definition) is 3. The molecule has 1 saturated heterocycles. The Morgan fingerprint density at radius 3 is 2.78 bits per heavy atom. The van der Waals surface area contributed by atoms with Gasteiger partial charge in [-0.2, -0.15) is 0 Å². The van der Waals surface area contributed by atoms with E-state index in [0.717, 1.165) is 31.5 Å². The molecule has 6 nitrogen and oxygen atoms in total. The fraction of sp³-hybridized carbons (Fsp3) is 0.765. The molecular formula is C17H28N4O2. The summed E-state index contributed by atoms with van der Waals surface area (Å²) in [5.41, 5.74) is -0.187. The number of carbonyl (C=O) groups is 1. The molecule has 2 heterocycles. The third-order valence-electron chi connectivity index (χ3n) is 5.33. The van der Waals surface area contributed by atoms with Gasteiger partial charge < -0.3 is 19.5 Å². The number of urea groups is 1. The lowest BCUT2D eigenvalue weighted by atomic mass is 9.95. The van der Waals surface area contributed by atoms with E-state index in [-0.39, 0.29) is 17.7 Å². The molecule has 128 valence electrons. The predicted octanol–water partition coefficient (Wildman–Crippen LogP) is 2.47. The second kappa shape index (κ2) is 6.51. The quantitative estimate of drug-likeness (QED) is 0.906. The molecule has 0 radical (unpaired) electrons. The normalized spacial score (nSPS) is 22.0. The van der Waals surface area contributed by atoms with Gasteiger partial charge in [0.1, 0.15) is 5.82 Å². The molecule has 6 heteroatoms. The average molecular weight is 320 g/mol. The van der Waals surface area contributed by atoms with Crippen LogP contribution in [0.4, 0.5) is 4.79 Å². The highest BCUT2D eigenvalue weighted by molar-refractivity contribution is 5.75. The van der Waals surface area contributed by atoms with Gasteiger partial charge in [-0.25, -0.2) is 9.78 Å². The molecule has 1 aliphatic carbocycles. The number of amides is 2. The molecule has 0 aromatic carbocycles. The van der Waals surface area contributed by atoms with E-state index in [0.29, 0.717) is 25.6 Å². The van der Waals surface area contributed by atoms with E-state index in [1.807, 2.05) is 22.7 Å². The zero-order chi connectivity index (χ0) is 16.4. The number of hydrogen-bond donors (Lipinski definition) is 1. The van der Waals surface area contributed by atoms with Crippen LogP contribution in [0.25, 0.3) is 0 Å². The number of imidazole rings is 1. The van der Waals surface area contributed by atoms with Gasteiger partial charge in [0.2, 0.25) is 0 Å². The molecular weight excluding hydrogens is 292 g/mol. The van der Waals surface area contributed by atoms with Crippen molar-refractivity contribution in [2.24, 2.45) is 13.0 Å². The first kappa shape index (κ1) is 16.3. The van der Waals surface area contributed by atoms with Gasteiger partial charge in [-0.05, 0) is 31.6 Å². The Hall–Kier alpha value is -1.56. The first-order valence-corrected chi connectivity index (χ1v) is 8.75. The summed E-state index contributed by atoms with van der Waals surface area (Å²) in [5, 5.41) is 3.23. The van der Waals surface area contributed by atoms with Crippen LogP contribution in [-0.2, 0) is 11.8 Å². The van der Waals surface area contributed by atoms with Crippen molar-refractivity contribution in [3.63, 3.8) is 0 Å². The van der Waals surface area contributed by atoms with Crippen molar-refractivity contribution in [3.05, 3.63) is 18.2 Å². The van der Waals surface area contributed by atoms with Gasteiger partial charge in [-0.3, -0.25) is 0 Å². The van der Waals surface area contributed by atoms with E-state index in [2.05, 4.69) is 24.1 Å². The minimum Gasteiger partial charge on any atom is -0.371 e. The van der Waals surface area contributed by atoms with Crippen LogP contribution in [0, 0.1) is 5.92 Å². The molecule has 3 rings (SSSR count). The van der Waals surface area contributed by atoms with Gasteiger partial charge in [0.15, 0.2) is 0 Å². The largest absolute Gasteiger partial charge is 0.371 e. The van der Waals surface area contributed by atoms with Crippen molar-refractivity contribution in [1.82, 2.24) is 19.8 Å². The van der Waals surface area contributed by atoms with E-state index in [9.17, 15) is 4.79 Å². The number of morpholine rings is 1. The van der Waals surface area contributed by atoms with Crippen LogP contribution in [-0.4, -0.2) is 45.8 Å². The topological polar surface area (TPSA) is 59.4 Å². The summed E-state index contributed by atoms with van der Waals surface area (Å²) in [4.78, 5) is 19.1. The Balaban J connectivity index is 1.69. The van der Waals surface area contributed by atoms with Crippen molar-refractivity contribution < 1.29 is 9.53 Å². The Labute approximate surface area is 138 Å². The lowest BCUT2D eigenvalue weighted by molar-refractivity contribution is -0.101. The van der Waals surface area contributed by atoms with E-state index in [4.69, 9.17) is 4.74 Å². The monoisotopic (exact) mass is 320 g/mol. The van der Waals surface area contributed by atoms with Crippen LogP contribution in [0.1, 0.15) is 51.4 Å². The van der Waals surface area contributed by atoms with E-state index >= 15 is 0 Å². The summed E-state index contributed by atoms with van der Waals surface area (Å²) in [7, 11) is 1.98. The van der Waals surface area contributed by atoms with Crippen molar-refractivity contribution >= 4 is 6.03 Å². The van der Waals surface area contributed by atoms with Crippen molar-refractivity contribution in [2.75, 3.05) is 19.7 Å². The Morgan fingerprint density at radius 2 is 2.22 bits per heavy atom. The minimum atomic E-state index is -0.187. The van der Waals surface area contributed by atoms with E-state index < -0.39 is 0 Å². The van der Waals surface area contributed by atoms with Gasteiger partial charge in [-0.15, -0.1) is 0 Å². The van der Waals surface area contributed by atoms with Crippen LogP contribution in [0.2, 0.25) is 0 Å². The van der Waals surface area contributed by atoms with Gasteiger partial charge in [0.25, 0.3) is 0 Å². The van der Waals surface area contributed by atoms with Crippen molar-refractivity contribution in [2.45, 2.75) is 51.2 Å². The molecule has 2 fully saturated rings. The van der Waals surface area contributed by atoms with Gasteiger partial charge >= 0.3 is 6.03 Å². The van der Waals surface area contributed by atoms with Crippen LogP contribution in [0.15, 0.2) is 12.4 Å². The molecule has 1 aromatic rings. The Bertz CT molecular complexity index is 549. The van der Waals surface area contributed by atoms with E-state index in [1.165, 1.54) is 0 Å². The number of rotatable bonds is 5. The van der Waals surface area contributed by atoms with Crippen LogP contribution in [0.5, 0.6) is 0 Å². The molecule has 1 saturated carbocycles. The predicted molar refractivity (Wildman–Crippen MR) is 88.0 cm³/mol. The number of carbonyl (C=O) groups excluding carboxylic acids is 1. The first-order chi connectivity index (χ1) is 11.1. The zero-order valence-corrected chi connectivity index (χ0v) is 14.4. The maximum absolute atomic E-state index is 12.8. The zero-order valence-electron chi connectivity index (χ0n) is 14.4. The molecule has 23 heavy (non-hydrogen) atoms. The first-order valence-electron chi connectivity index (χ1n) is 8.75. The van der Waals surface area contributed by atoms with Crippen LogP contribution in [0.3, 0.4) is 0 Å². The van der Waals surface area contributed by atoms with Crippen molar-refractivity contribution in [1.29, 1.82) is 0 Å². The fourth-order valence-electron chi connectivity index (χ4n) is 3.42. The summed E-state index contributed by atoms with van der Waals surface area (Å²) < 4.78 is 7.97. The van der Waals surface area contributed by atoms with Gasteiger partial charge in [-0.1, -0.05) is 13.8 Å². The number of aryl methyl sites for hydroxylation is 1. The molecule has 2 amide bonds. The third-order valence-corrected chi connectivity index (χ3v) is 5.33. The Morgan fingerprint density at radius 1 is 1.48 bits per heavy atom. The lowest BCUT2D eigenvalue weighted by Crippen LogP contribution is -2.56. The molecule has 1 aliphatic heterocycles. The summed E-state index contributed by atoms with van der Waals surface area (Å²) in [6.45, 7) is 6.21. The maximum atomic E-state index is 12.8. The molecule has 2 aliphatic rings. The molecule has 0 bridgehead atoms. The molecule has 0 spiro atoms. The highest BCUT2D eigenvalue weighted by Gasteiger charge is 2.39. The molecule has 1 unspecified atom stereocenters. The highest BCUT2D eigenvalue weighted by atomic mass is 16.5. The fourth-order valence-corrected chi connectivity index (χ4v) is 3.42. The molecule has 1 N–H and O–H groups in total. The standard InChI is InChI=1S/C17H28N4O2/c1-4-17(5-2)12-21(10-11-23-17)16(22)19-14(13-6-7-13)15-18-8-9-20(15)3/h8-9,13-14H,4-7,10-12H2,1-3H3,(H,19,22). The van der Waals surface area contributed by atoms with E-state index in [1.54, 1.807) is 6.20 Å². The second-order valence-corrected chi connectivity index (χ2v) is 6.82. The van der Waals surface area contributed by atoms with Crippen LogP contribution < -0.4 is 5.32 Å². The summed E-state index contributed by atoms with van der Waals surface area (Å²) in [6, 6.07) is 0.0301. The summed E-state index contributed by atoms with van der Waals surface area (Å²) in [6.07, 6.45) is 7.91. The number of nitrogens with one attached hydrogen (secondary N) is 1. The van der Waals surface area contributed by atoms with Gasteiger partial charge in [0.05, 0.1) is 24.8 Å². The third kappa shape index (κ3) is 3.37. The van der Waals surface area contributed by atoms with Gasteiger partial charge in [0, 0.05) is 26.0 Å². The summed E-state index contributed by atoms with van der Waals surface area (Å²) in [5.74, 6) is 1.47. The number of nitrogens with zero attached hydrogens (tertiary/aromatic N) is 3. The van der Waals surface area contributed by atoms with Crippen molar-refractivity contribution in [3.8, 4) is 0 Å². The maximum Gasteiger partial charge on any atom is 0.318 e. The molecule has 1 atom stereocenters. The van der Waals surface area contributed by atoms with Crippen LogP contribution >= 0.6 is 0 Å². The second-order valence-electron chi connectivity index (χ2n) is 6.82. The number of aromatic nitrogens is 2. The Kier molecular flexibility index (Phi) is 4.62. The highest BCUT2D eigenvalue weighted by Crippen LogP contribution is 2.40. The number of ether oxygens (including phenoxy) is 1. The summed E-state index contributed by atoms with van der Waals surface area (Å²) >= 11 is 0. The molecule has 1 aromatic heterocycles. The average Bonchev–Trinajstić information content (AvgIpc) is 3.34.